The van der Waals surface area contributed by atoms with Crippen LogP contribution in [0.15, 0.2) is 22.7 Å². The lowest BCUT2D eigenvalue weighted by Gasteiger charge is -2.32. The molecule has 1 saturated heterocycles. The van der Waals surface area contributed by atoms with Crippen LogP contribution in [0.5, 0.6) is 0 Å². The monoisotopic (exact) mass is 345 g/mol. The average Bonchev–Trinajstić information content (AvgIpc) is 2.23. The van der Waals surface area contributed by atoms with E-state index in [2.05, 4.69) is 20.7 Å². The van der Waals surface area contributed by atoms with Crippen LogP contribution >= 0.6 is 28.3 Å². The summed E-state index contributed by atoms with van der Waals surface area (Å²) < 4.78 is 45.0. The molecule has 1 amide bonds. The van der Waals surface area contributed by atoms with Gasteiger partial charge in [-0.25, -0.2) is 18.0 Å². The Balaban J connectivity index is 0.00000162. The summed E-state index contributed by atoms with van der Waals surface area (Å²) in [5, 5.41) is 1.92. The van der Waals surface area contributed by atoms with E-state index in [0.29, 0.717) is 0 Å². The average molecular weight is 347 g/mol. The van der Waals surface area contributed by atoms with Gasteiger partial charge in [0.25, 0.3) is 0 Å². The summed E-state index contributed by atoms with van der Waals surface area (Å²) in [7, 11) is 0. The largest absolute Gasteiger partial charge is 0.443 e. The van der Waals surface area contributed by atoms with Crippen molar-refractivity contribution in [3.05, 3.63) is 34.1 Å². The Labute approximate surface area is 115 Å². The molecule has 0 saturated carbocycles. The lowest BCUT2D eigenvalue weighted by atomic mass is 9.99. The molecule has 1 atom stereocenters. The van der Waals surface area contributed by atoms with Crippen molar-refractivity contribution in [2.45, 2.75) is 12.0 Å². The van der Waals surface area contributed by atoms with Crippen molar-refractivity contribution in [1.29, 1.82) is 0 Å². The molecule has 1 aromatic rings. The number of alkyl halides is 2. The highest BCUT2D eigenvalue weighted by Crippen LogP contribution is 2.38. The molecule has 0 radical (unpaired) electrons. The lowest BCUT2D eigenvalue weighted by molar-refractivity contribution is -0.105. The Hall–Kier alpha value is -0.950. The van der Waals surface area contributed by atoms with Gasteiger partial charge in [-0.1, -0.05) is 22.0 Å². The number of halogens is 5. The zero-order valence-electron chi connectivity index (χ0n) is 8.75. The van der Waals surface area contributed by atoms with Crippen molar-refractivity contribution in [1.82, 2.24) is 5.32 Å². The van der Waals surface area contributed by atoms with Crippen LogP contribution in [-0.4, -0.2) is 18.6 Å². The molecule has 0 aliphatic carbocycles. The third kappa shape index (κ3) is 2.72. The number of hydrogen-bond acceptors (Lipinski definition) is 2. The maximum absolute atomic E-state index is 13.6. The number of cyclic esters (lactones) is 1. The number of alkyl carbamates (subject to hydrolysis) is 1. The number of hydrogen-bond donors (Lipinski definition) is 1. The van der Waals surface area contributed by atoms with Gasteiger partial charge in [0, 0.05) is 10.0 Å². The van der Waals surface area contributed by atoms with Gasteiger partial charge in [0.05, 0.1) is 0 Å². The third-order valence-electron chi connectivity index (χ3n) is 2.37. The van der Waals surface area contributed by atoms with E-state index in [1.165, 1.54) is 12.1 Å². The SMILES string of the molecule is Cl.O=C1N[C@@H](c2c(F)cccc2Br)C(F)(F)CO1. The number of carbonyl (C=O) groups excluding carboxylic acids is 1. The predicted octanol–water partition coefficient (Wildman–Crippen LogP) is 3.43. The van der Waals surface area contributed by atoms with Crippen LogP contribution in [0.3, 0.4) is 0 Å². The van der Waals surface area contributed by atoms with Crippen LogP contribution in [0.4, 0.5) is 18.0 Å². The first-order valence-corrected chi connectivity index (χ1v) is 5.46. The highest BCUT2D eigenvalue weighted by atomic mass is 79.9. The van der Waals surface area contributed by atoms with Gasteiger partial charge in [-0.3, -0.25) is 0 Å². The highest BCUT2D eigenvalue weighted by Gasteiger charge is 2.48. The van der Waals surface area contributed by atoms with Crippen LogP contribution in [-0.2, 0) is 4.74 Å². The summed E-state index contributed by atoms with van der Waals surface area (Å²) in [4.78, 5) is 11.0. The summed E-state index contributed by atoms with van der Waals surface area (Å²) in [6, 6.07) is 2.12. The summed E-state index contributed by atoms with van der Waals surface area (Å²) >= 11 is 2.99. The Bertz CT molecular complexity index is 452. The topological polar surface area (TPSA) is 38.3 Å². The van der Waals surface area contributed by atoms with Gasteiger partial charge in [-0.05, 0) is 12.1 Å². The second kappa shape index (κ2) is 5.36. The van der Waals surface area contributed by atoms with Crippen LogP contribution < -0.4 is 5.32 Å². The van der Waals surface area contributed by atoms with Gasteiger partial charge >= 0.3 is 12.0 Å². The Morgan fingerprint density at radius 3 is 2.72 bits per heavy atom. The molecule has 1 fully saturated rings. The minimum Gasteiger partial charge on any atom is -0.443 e. The number of amides is 1. The first kappa shape index (κ1) is 15.1. The second-order valence-corrected chi connectivity index (χ2v) is 4.40. The summed E-state index contributed by atoms with van der Waals surface area (Å²) in [5.74, 6) is -4.18. The molecule has 0 unspecified atom stereocenters. The highest BCUT2D eigenvalue weighted by molar-refractivity contribution is 9.10. The van der Waals surface area contributed by atoms with Crippen LogP contribution in [0.25, 0.3) is 0 Å². The molecule has 1 aliphatic heterocycles. The Morgan fingerprint density at radius 1 is 1.44 bits per heavy atom. The van der Waals surface area contributed by atoms with Crippen molar-refractivity contribution in [2.75, 3.05) is 6.61 Å². The minimum absolute atomic E-state index is 0. The van der Waals surface area contributed by atoms with Crippen molar-refractivity contribution in [3.63, 3.8) is 0 Å². The fourth-order valence-electron chi connectivity index (χ4n) is 1.58. The fraction of sp³-hybridized carbons (Fsp3) is 0.300. The zero-order valence-corrected chi connectivity index (χ0v) is 11.2. The van der Waals surface area contributed by atoms with E-state index in [4.69, 9.17) is 0 Å². The van der Waals surface area contributed by atoms with Crippen LogP contribution in [0.1, 0.15) is 11.6 Å². The van der Waals surface area contributed by atoms with E-state index >= 15 is 0 Å². The predicted molar refractivity (Wildman–Crippen MR) is 63.5 cm³/mol. The number of carbonyl (C=O) groups is 1. The molecular weight excluding hydrogens is 338 g/mol. The molecule has 0 aromatic heterocycles. The zero-order chi connectivity index (χ0) is 12.6. The van der Waals surface area contributed by atoms with Crippen LogP contribution in [0, 0.1) is 5.82 Å². The van der Waals surface area contributed by atoms with E-state index in [9.17, 15) is 18.0 Å². The number of rotatable bonds is 1. The van der Waals surface area contributed by atoms with Crippen LogP contribution in [0.2, 0.25) is 0 Å². The summed E-state index contributed by atoms with van der Waals surface area (Å²) in [6.45, 7) is -1.07. The second-order valence-electron chi connectivity index (χ2n) is 3.55. The molecule has 0 spiro atoms. The molecule has 2 rings (SSSR count). The van der Waals surface area contributed by atoms with Crippen molar-refractivity contribution < 1.29 is 22.7 Å². The van der Waals surface area contributed by atoms with E-state index in [1.54, 1.807) is 0 Å². The van der Waals surface area contributed by atoms with Crippen molar-refractivity contribution in [2.24, 2.45) is 0 Å². The minimum atomic E-state index is -3.36. The van der Waals surface area contributed by atoms with E-state index in [-0.39, 0.29) is 22.4 Å². The number of benzene rings is 1. The van der Waals surface area contributed by atoms with Crippen molar-refractivity contribution in [3.8, 4) is 0 Å². The molecule has 1 aromatic carbocycles. The summed E-state index contributed by atoms with van der Waals surface area (Å²) in [6.07, 6.45) is -0.990. The van der Waals surface area contributed by atoms with E-state index in [1.807, 2.05) is 5.32 Å². The number of nitrogens with one attached hydrogen (secondary N) is 1. The molecule has 100 valence electrons. The Morgan fingerprint density at radius 2 is 2.11 bits per heavy atom. The van der Waals surface area contributed by atoms with Gasteiger partial charge in [0.15, 0.2) is 6.61 Å². The molecule has 18 heavy (non-hydrogen) atoms. The van der Waals surface area contributed by atoms with E-state index in [0.717, 1.165) is 6.07 Å². The molecule has 3 nitrogen and oxygen atoms in total. The summed E-state index contributed by atoms with van der Waals surface area (Å²) in [5.41, 5.74) is -0.283. The van der Waals surface area contributed by atoms with Gasteiger partial charge in [0.2, 0.25) is 0 Å². The fourth-order valence-corrected chi connectivity index (χ4v) is 2.15. The third-order valence-corrected chi connectivity index (χ3v) is 3.06. The lowest BCUT2D eigenvalue weighted by Crippen LogP contribution is -2.50. The maximum Gasteiger partial charge on any atom is 0.408 e. The van der Waals surface area contributed by atoms with E-state index < -0.39 is 30.5 Å². The normalized spacial score (nSPS) is 21.6. The number of ether oxygens (including phenoxy) is 1. The first-order chi connectivity index (χ1) is 7.92. The van der Waals surface area contributed by atoms with Gasteiger partial charge in [-0.2, -0.15) is 0 Å². The standard InChI is InChI=1S/C10H7BrF3NO2.ClH/c11-5-2-1-3-6(12)7(5)8-10(13,14)4-17-9(16)15-8;/h1-3,8H,4H2,(H,15,16);1H/t8-;/m0./s1. The van der Waals surface area contributed by atoms with Gasteiger partial charge < -0.3 is 10.1 Å². The molecule has 1 heterocycles. The molecule has 1 N–H and O–H groups in total. The smallest absolute Gasteiger partial charge is 0.408 e. The van der Waals surface area contributed by atoms with Gasteiger partial charge in [-0.15, -0.1) is 12.4 Å². The maximum atomic E-state index is 13.6. The van der Waals surface area contributed by atoms with Crippen molar-refractivity contribution >= 4 is 34.4 Å². The first-order valence-electron chi connectivity index (χ1n) is 4.67. The molecule has 0 bridgehead atoms. The molecule has 8 heteroatoms. The van der Waals surface area contributed by atoms with Gasteiger partial charge in [0.1, 0.15) is 11.9 Å². The quantitative estimate of drug-likeness (QED) is 0.846. The Kier molecular flexibility index (Phi) is 4.50. The molecular formula is C10H8BrClF3NO2. The molecule has 1 aliphatic rings.